The van der Waals surface area contributed by atoms with E-state index >= 15 is 0 Å². The SMILES string of the molecule is CC(=O)Nc1ccc2c(CNC3(c4cccc(Br)c4)CCOCC3)cc(=O)oc2c1. The average molecular weight is 471 g/mol. The molecule has 30 heavy (non-hydrogen) atoms. The molecular weight excluding hydrogens is 448 g/mol. The number of benzene rings is 2. The summed E-state index contributed by atoms with van der Waals surface area (Å²) in [6, 6.07) is 15.2. The molecule has 2 N–H and O–H groups in total. The Labute approximate surface area is 182 Å². The molecule has 2 heterocycles. The second kappa shape index (κ2) is 8.71. The first-order valence-corrected chi connectivity index (χ1v) is 10.7. The van der Waals surface area contributed by atoms with Crippen LogP contribution in [0.1, 0.15) is 30.9 Å². The van der Waals surface area contributed by atoms with E-state index in [1.807, 2.05) is 24.3 Å². The lowest BCUT2D eigenvalue weighted by molar-refractivity contribution is -0.114. The number of carbonyl (C=O) groups is 1. The van der Waals surface area contributed by atoms with Gasteiger partial charge in [-0.2, -0.15) is 0 Å². The zero-order valence-corrected chi connectivity index (χ0v) is 18.3. The van der Waals surface area contributed by atoms with Crippen molar-refractivity contribution in [2.45, 2.75) is 31.8 Å². The van der Waals surface area contributed by atoms with Crippen molar-refractivity contribution in [2.75, 3.05) is 18.5 Å². The summed E-state index contributed by atoms with van der Waals surface area (Å²) >= 11 is 3.57. The Morgan fingerprint density at radius 1 is 1.13 bits per heavy atom. The standard InChI is InChI=1S/C23H23BrN2O4/c1-15(27)26-19-5-6-20-16(11-22(28)30-21(20)13-19)14-25-23(7-9-29-10-8-23)17-3-2-4-18(24)12-17/h2-6,11-13,25H,7-10,14H2,1H3,(H,26,27). The summed E-state index contributed by atoms with van der Waals surface area (Å²) in [7, 11) is 0. The smallest absolute Gasteiger partial charge is 0.336 e. The molecule has 1 aliphatic heterocycles. The second-order valence-electron chi connectivity index (χ2n) is 7.54. The summed E-state index contributed by atoms with van der Waals surface area (Å²) in [6.45, 7) is 3.30. The number of hydrogen-bond acceptors (Lipinski definition) is 5. The van der Waals surface area contributed by atoms with E-state index in [0.29, 0.717) is 31.0 Å². The lowest BCUT2D eigenvalue weighted by Gasteiger charge is -2.39. The highest BCUT2D eigenvalue weighted by Gasteiger charge is 2.34. The number of fused-ring (bicyclic) bond motifs is 1. The topological polar surface area (TPSA) is 80.6 Å². The van der Waals surface area contributed by atoms with Crippen molar-refractivity contribution in [3.63, 3.8) is 0 Å². The molecule has 6 nitrogen and oxygen atoms in total. The molecule has 3 aromatic rings. The van der Waals surface area contributed by atoms with Crippen LogP contribution < -0.4 is 16.3 Å². The molecule has 0 saturated carbocycles. The summed E-state index contributed by atoms with van der Waals surface area (Å²) in [6.07, 6.45) is 1.69. The Morgan fingerprint density at radius 3 is 2.67 bits per heavy atom. The molecule has 1 fully saturated rings. The Morgan fingerprint density at radius 2 is 1.93 bits per heavy atom. The molecule has 1 saturated heterocycles. The molecule has 1 aromatic heterocycles. The number of amides is 1. The van der Waals surface area contributed by atoms with Crippen molar-refractivity contribution in [1.82, 2.24) is 5.32 Å². The lowest BCUT2D eigenvalue weighted by Crippen LogP contribution is -2.46. The van der Waals surface area contributed by atoms with Gasteiger partial charge in [-0.15, -0.1) is 0 Å². The van der Waals surface area contributed by atoms with E-state index in [-0.39, 0.29) is 11.4 Å². The molecule has 0 spiro atoms. The van der Waals surface area contributed by atoms with Gasteiger partial charge in [-0.05, 0) is 48.2 Å². The normalized spacial score (nSPS) is 15.8. The summed E-state index contributed by atoms with van der Waals surface area (Å²) in [5.74, 6) is -0.176. The molecule has 7 heteroatoms. The van der Waals surface area contributed by atoms with Crippen LogP contribution in [0.15, 0.2) is 62.2 Å². The van der Waals surface area contributed by atoms with E-state index in [2.05, 4.69) is 38.7 Å². The Bertz CT molecular complexity index is 1140. The van der Waals surface area contributed by atoms with E-state index in [0.717, 1.165) is 28.3 Å². The number of rotatable bonds is 5. The molecule has 0 radical (unpaired) electrons. The lowest BCUT2D eigenvalue weighted by atomic mass is 9.82. The fraction of sp³-hybridized carbons (Fsp3) is 0.304. The van der Waals surface area contributed by atoms with Gasteiger partial charge in [-0.25, -0.2) is 4.79 Å². The van der Waals surface area contributed by atoms with Crippen LogP contribution in [0, 0.1) is 0 Å². The highest BCUT2D eigenvalue weighted by molar-refractivity contribution is 9.10. The van der Waals surface area contributed by atoms with Crippen LogP contribution in [0.2, 0.25) is 0 Å². The first-order valence-electron chi connectivity index (χ1n) is 9.88. The van der Waals surface area contributed by atoms with Gasteiger partial charge in [0.05, 0.1) is 0 Å². The number of anilines is 1. The Kier molecular flexibility index (Phi) is 6.04. The van der Waals surface area contributed by atoms with Gasteiger partial charge in [0, 0.05) is 59.9 Å². The van der Waals surface area contributed by atoms with E-state index in [1.54, 1.807) is 6.07 Å². The predicted octanol–water partition coefficient (Wildman–Crippen LogP) is 4.31. The molecule has 1 amide bonds. The average Bonchev–Trinajstić information content (AvgIpc) is 2.72. The van der Waals surface area contributed by atoms with Gasteiger partial charge >= 0.3 is 5.63 Å². The van der Waals surface area contributed by atoms with Gasteiger partial charge in [-0.1, -0.05) is 28.1 Å². The zero-order chi connectivity index (χ0) is 21.1. The Balaban J connectivity index is 1.67. The van der Waals surface area contributed by atoms with Crippen molar-refractivity contribution in [1.29, 1.82) is 0 Å². The van der Waals surface area contributed by atoms with Crippen LogP contribution in [-0.4, -0.2) is 19.1 Å². The van der Waals surface area contributed by atoms with Crippen LogP contribution in [-0.2, 0) is 21.6 Å². The third-order valence-corrected chi connectivity index (χ3v) is 5.98. The summed E-state index contributed by atoms with van der Waals surface area (Å²) < 4.78 is 12.0. The van der Waals surface area contributed by atoms with Crippen molar-refractivity contribution in [3.05, 3.63) is 74.6 Å². The number of hydrogen-bond donors (Lipinski definition) is 2. The van der Waals surface area contributed by atoms with E-state index in [1.165, 1.54) is 18.6 Å². The fourth-order valence-electron chi connectivity index (χ4n) is 4.00. The maximum atomic E-state index is 12.2. The summed E-state index contributed by atoms with van der Waals surface area (Å²) in [5, 5.41) is 7.27. The number of halogens is 1. The van der Waals surface area contributed by atoms with Gasteiger partial charge in [-0.3, -0.25) is 4.79 Å². The van der Waals surface area contributed by atoms with Crippen molar-refractivity contribution >= 4 is 38.5 Å². The zero-order valence-electron chi connectivity index (χ0n) is 16.7. The molecule has 4 rings (SSSR count). The van der Waals surface area contributed by atoms with Crippen molar-refractivity contribution in [3.8, 4) is 0 Å². The van der Waals surface area contributed by atoms with Gasteiger partial charge in [0.25, 0.3) is 0 Å². The Hall–Kier alpha value is -2.48. The molecule has 0 aliphatic carbocycles. The van der Waals surface area contributed by atoms with Gasteiger partial charge in [0.15, 0.2) is 0 Å². The molecule has 156 valence electrons. The largest absolute Gasteiger partial charge is 0.423 e. The van der Waals surface area contributed by atoms with Crippen molar-refractivity contribution < 1.29 is 13.9 Å². The van der Waals surface area contributed by atoms with E-state index < -0.39 is 5.63 Å². The highest BCUT2D eigenvalue weighted by atomic mass is 79.9. The van der Waals surface area contributed by atoms with Crippen LogP contribution in [0.4, 0.5) is 5.69 Å². The molecule has 0 bridgehead atoms. The summed E-state index contributed by atoms with van der Waals surface area (Å²) in [5.41, 5.74) is 2.45. The maximum Gasteiger partial charge on any atom is 0.336 e. The minimum Gasteiger partial charge on any atom is -0.423 e. The first kappa shape index (κ1) is 20.8. The van der Waals surface area contributed by atoms with Gasteiger partial charge in [0.2, 0.25) is 5.91 Å². The van der Waals surface area contributed by atoms with Crippen molar-refractivity contribution in [2.24, 2.45) is 0 Å². The first-order chi connectivity index (χ1) is 14.4. The van der Waals surface area contributed by atoms with Crippen LogP contribution in [0.3, 0.4) is 0 Å². The maximum absolute atomic E-state index is 12.2. The molecule has 2 aromatic carbocycles. The minimum atomic E-state index is -0.414. The van der Waals surface area contributed by atoms with E-state index in [4.69, 9.17) is 9.15 Å². The van der Waals surface area contributed by atoms with Crippen LogP contribution in [0.5, 0.6) is 0 Å². The van der Waals surface area contributed by atoms with Gasteiger partial charge in [0.1, 0.15) is 5.58 Å². The molecular formula is C23H23BrN2O4. The third kappa shape index (κ3) is 4.48. The van der Waals surface area contributed by atoms with Crippen LogP contribution >= 0.6 is 15.9 Å². The fourth-order valence-corrected chi connectivity index (χ4v) is 4.39. The van der Waals surface area contributed by atoms with Gasteiger partial charge < -0.3 is 19.8 Å². The molecule has 0 unspecified atom stereocenters. The third-order valence-electron chi connectivity index (χ3n) is 5.49. The van der Waals surface area contributed by atoms with E-state index in [9.17, 15) is 9.59 Å². The molecule has 1 aliphatic rings. The number of carbonyl (C=O) groups excluding carboxylic acids is 1. The quantitative estimate of drug-likeness (QED) is 0.543. The number of nitrogens with one attached hydrogen (secondary N) is 2. The monoisotopic (exact) mass is 470 g/mol. The molecule has 0 atom stereocenters. The second-order valence-corrected chi connectivity index (χ2v) is 8.46. The minimum absolute atomic E-state index is 0.176. The number of ether oxygens (including phenoxy) is 1. The predicted molar refractivity (Wildman–Crippen MR) is 120 cm³/mol. The highest BCUT2D eigenvalue weighted by Crippen LogP contribution is 2.34. The van der Waals surface area contributed by atoms with Crippen LogP contribution in [0.25, 0.3) is 11.0 Å². The summed E-state index contributed by atoms with van der Waals surface area (Å²) in [4.78, 5) is 23.5.